The van der Waals surface area contributed by atoms with E-state index in [1.807, 2.05) is 24.3 Å². The number of hydrogen-bond acceptors (Lipinski definition) is 2. The van der Waals surface area contributed by atoms with Crippen molar-refractivity contribution in [3.05, 3.63) is 59.7 Å². The summed E-state index contributed by atoms with van der Waals surface area (Å²) in [6.45, 7) is 0. The number of benzene rings is 2. The Morgan fingerprint density at radius 1 is 0.824 bits per heavy atom. The molecule has 0 heterocycles. The first-order valence-corrected chi connectivity index (χ1v) is 7.41. The lowest BCUT2D eigenvalue weighted by Gasteiger charge is -2.04. The van der Waals surface area contributed by atoms with E-state index in [1.165, 1.54) is 16.0 Å². The normalized spacial score (nSPS) is 13.8. The van der Waals surface area contributed by atoms with Gasteiger partial charge in [-0.1, -0.05) is 24.3 Å². The fourth-order valence-corrected chi connectivity index (χ4v) is 2.33. The first kappa shape index (κ1) is 9.12. The molecule has 0 N–H and O–H groups in total. The van der Waals surface area contributed by atoms with Crippen LogP contribution in [0.3, 0.4) is 0 Å². The quantitative estimate of drug-likeness (QED) is 0.732. The topological polar surface area (TPSA) is 0 Å². The van der Waals surface area contributed by atoms with Crippen LogP contribution in [0.25, 0.3) is 0 Å². The molecular weight excluding hydrogens is 244 g/mol. The first-order chi connectivity index (χ1) is 9.46. The lowest BCUT2D eigenvalue weighted by atomic mass is 10.1. The molecule has 0 radical (unpaired) electrons. The SMILES string of the molecule is [2H]C([2H])([2H])Sc1ccc(Cc2ccc(SC)cc2)cc1. The molecule has 2 rings (SSSR count). The lowest BCUT2D eigenvalue weighted by Crippen LogP contribution is -1.87. The molecule has 2 aromatic carbocycles. The Kier molecular flexibility index (Phi) is 3.31. The van der Waals surface area contributed by atoms with Crippen LogP contribution < -0.4 is 0 Å². The molecule has 17 heavy (non-hydrogen) atoms. The van der Waals surface area contributed by atoms with Gasteiger partial charge in [0.2, 0.25) is 0 Å². The van der Waals surface area contributed by atoms with Crippen molar-refractivity contribution >= 4 is 23.5 Å². The molecule has 0 aliphatic carbocycles. The van der Waals surface area contributed by atoms with Crippen molar-refractivity contribution < 1.29 is 4.11 Å². The van der Waals surface area contributed by atoms with Crippen LogP contribution in [-0.4, -0.2) is 12.4 Å². The fraction of sp³-hybridized carbons (Fsp3) is 0.200. The van der Waals surface area contributed by atoms with Gasteiger partial charge in [-0.2, -0.15) is 0 Å². The second-order valence-corrected chi connectivity index (χ2v) is 5.33. The van der Waals surface area contributed by atoms with E-state index >= 15 is 0 Å². The summed E-state index contributed by atoms with van der Waals surface area (Å²) in [5.74, 6) is 0. The molecule has 0 unspecified atom stereocenters. The smallest absolute Gasteiger partial charge is 0.0348 e. The van der Waals surface area contributed by atoms with Crippen molar-refractivity contribution in [2.45, 2.75) is 16.2 Å². The van der Waals surface area contributed by atoms with Gasteiger partial charge in [0, 0.05) is 13.9 Å². The molecule has 88 valence electrons. The second kappa shape index (κ2) is 6.18. The predicted octanol–water partition coefficient (Wildman–Crippen LogP) is 4.72. The van der Waals surface area contributed by atoms with Crippen LogP contribution in [0.5, 0.6) is 0 Å². The average molecular weight is 263 g/mol. The van der Waals surface area contributed by atoms with E-state index in [9.17, 15) is 0 Å². The summed E-state index contributed by atoms with van der Waals surface area (Å²) in [6, 6.07) is 16.3. The van der Waals surface area contributed by atoms with Gasteiger partial charge in [0.15, 0.2) is 0 Å². The van der Waals surface area contributed by atoms with Gasteiger partial charge in [-0.15, -0.1) is 23.5 Å². The van der Waals surface area contributed by atoms with Gasteiger partial charge in [-0.05, 0) is 54.3 Å². The minimum Gasteiger partial charge on any atom is -0.130 e. The lowest BCUT2D eigenvalue weighted by molar-refractivity contribution is 1.17. The molecule has 0 saturated heterocycles. The summed E-state index contributed by atoms with van der Waals surface area (Å²) in [5.41, 5.74) is 2.45. The highest BCUT2D eigenvalue weighted by Crippen LogP contribution is 2.19. The third-order valence-corrected chi connectivity index (χ3v) is 3.86. The predicted molar refractivity (Wildman–Crippen MR) is 79.3 cm³/mol. The molecule has 2 heteroatoms. The minimum atomic E-state index is -1.98. The molecule has 0 aliphatic heterocycles. The van der Waals surface area contributed by atoms with Gasteiger partial charge in [-0.25, -0.2) is 0 Å². The largest absolute Gasteiger partial charge is 0.130 e. The zero-order chi connectivity index (χ0) is 14.6. The van der Waals surface area contributed by atoms with Crippen LogP contribution in [0.1, 0.15) is 15.2 Å². The molecule has 0 fully saturated rings. The Morgan fingerprint density at radius 2 is 1.29 bits per heavy atom. The van der Waals surface area contributed by atoms with Crippen LogP contribution in [-0.2, 0) is 6.42 Å². The van der Waals surface area contributed by atoms with Crippen LogP contribution in [0.2, 0.25) is 0 Å². The Balaban J connectivity index is 2.02. The number of thioether (sulfide) groups is 2. The third kappa shape index (κ3) is 3.55. The van der Waals surface area contributed by atoms with Crippen molar-refractivity contribution in [3.8, 4) is 0 Å². The van der Waals surface area contributed by atoms with Crippen molar-refractivity contribution in [1.29, 1.82) is 0 Å². The zero-order valence-electron chi connectivity index (χ0n) is 12.6. The summed E-state index contributed by atoms with van der Waals surface area (Å²) in [7, 11) is 0. The fourth-order valence-electron chi connectivity index (χ4n) is 1.65. The van der Waals surface area contributed by atoms with Crippen LogP contribution in [0.4, 0.5) is 0 Å². The van der Waals surface area contributed by atoms with Crippen LogP contribution >= 0.6 is 23.5 Å². The van der Waals surface area contributed by atoms with Crippen molar-refractivity contribution in [2.75, 3.05) is 12.4 Å². The van der Waals surface area contributed by atoms with E-state index in [4.69, 9.17) is 4.11 Å². The highest BCUT2D eigenvalue weighted by atomic mass is 32.2. The van der Waals surface area contributed by atoms with E-state index in [0.717, 1.165) is 23.1 Å². The van der Waals surface area contributed by atoms with E-state index < -0.39 is 6.18 Å². The van der Waals surface area contributed by atoms with Gasteiger partial charge in [0.1, 0.15) is 0 Å². The van der Waals surface area contributed by atoms with E-state index in [1.54, 1.807) is 11.8 Å². The summed E-state index contributed by atoms with van der Waals surface area (Å²) in [5, 5.41) is 0. The number of rotatable bonds is 4. The highest BCUT2D eigenvalue weighted by molar-refractivity contribution is 7.98. The maximum absolute atomic E-state index is 7.23. The molecule has 0 aliphatic rings. The van der Waals surface area contributed by atoms with Crippen molar-refractivity contribution in [3.63, 3.8) is 0 Å². The number of hydrogen-bond donors (Lipinski definition) is 0. The van der Waals surface area contributed by atoms with Gasteiger partial charge in [0.05, 0.1) is 0 Å². The maximum atomic E-state index is 7.23. The van der Waals surface area contributed by atoms with Gasteiger partial charge in [-0.3, -0.25) is 0 Å². The second-order valence-electron chi connectivity index (χ2n) is 3.77. The molecule has 0 nitrogen and oxygen atoms in total. The van der Waals surface area contributed by atoms with Gasteiger partial charge < -0.3 is 0 Å². The van der Waals surface area contributed by atoms with E-state index in [-0.39, 0.29) is 0 Å². The molecular formula is C15H16S2. The van der Waals surface area contributed by atoms with E-state index in [0.29, 0.717) is 0 Å². The van der Waals surface area contributed by atoms with Gasteiger partial charge >= 0.3 is 0 Å². The molecule has 0 bridgehead atoms. The molecule has 0 aromatic heterocycles. The zero-order valence-corrected chi connectivity index (χ0v) is 11.3. The highest BCUT2D eigenvalue weighted by Gasteiger charge is 1.97. The minimum absolute atomic E-state index is 0.784. The van der Waals surface area contributed by atoms with Crippen LogP contribution in [0, 0.1) is 0 Å². The van der Waals surface area contributed by atoms with Crippen molar-refractivity contribution in [2.24, 2.45) is 0 Å². The van der Waals surface area contributed by atoms with E-state index in [2.05, 4.69) is 30.5 Å². The van der Waals surface area contributed by atoms with Gasteiger partial charge in [0.25, 0.3) is 0 Å². The van der Waals surface area contributed by atoms with Crippen molar-refractivity contribution in [1.82, 2.24) is 0 Å². The molecule has 2 aromatic rings. The summed E-state index contributed by atoms with van der Waals surface area (Å²) in [4.78, 5) is 2.05. The first-order valence-electron chi connectivity index (χ1n) is 6.87. The Labute approximate surface area is 116 Å². The standard InChI is InChI=1S/C15H16S2/c1-16-14-7-3-12(4-8-14)11-13-5-9-15(17-2)10-6-13/h3-10H,11H2,1-2H3/i1D3. The molecule has 0 spiro atoms. The maximum Gasteiger partial charge on any atom is 0.0348 e. The summed E-state index contributed by atoms with van der Waals surface area (Å²) >= 11 is 2.65. The third-order valence-electron chi connectivity index (χ3n) is 2.61. The Hall–Kier alpha value is -0.860. The molecule has 0 atom stereocenters. The van der Waals surface area contributed by atoms with Crippen LogP contribution in [0.15, 0.2) is 58.3 Å². The summed E-state index contributed by atoms with van der Waals surface area (Å²) in [6.07, 6.45) is 0.957. The Morgan fingerprint density at radius 3 is 1.71 bits per heavy atom. The summed E-state index contributed by atoms with van der Waals surface area (Å²) < 4.78 is 21.7. The average Bonchev–Trinajstić information content (AvgIpc) is 2.40. The Bertz CT molecular complexity index is 545. The molecule has 0 amide bonds. The molecule has 0 saturated carbocycles. The monoisotopic (exact) mass is 263 g/mol.